The molecule has 0 bridgehead atoms. The Bertz CT molecular complexity index is 494. The molecule has 1 fully saturated rings. The molecule has 1 heterocycles. The number of benzene rings is 1. The van der Waals surface area contributed by atoms with Gasteiger partial charge >= 0.3 is 0 Å². The van der Waals surface area contributed by atoms with E-state index in [1.807, 2.05) is 19.9 Å². The summed E-state index contributed by atoms with van der Waals surface area (Å²) in [5.74, 6) is 1.67. The van der Waals surface area contributed by atoms with Gasteiger partial charge in [0.05, 0.1) is 13.2 Å². The molecule has 0 amide bonds. The predicted octanol–water partition coefficient (Wildman–Crippen LogP) is 3.47. The van der Waals surface area contributed by atoms with Crippen LogP contribution in [0.1, 0.15) is 39.7 Å². The van der Waals surface area contributed by atoms with Crippen molar-refractivity contribution in [3.63, 3.8) is 0 Å². The van der Waals surface area contributed by atoms with Gasteiger partial charge in [0.15, 0.2) is 11.5 Å². The largest absolute Gasteiger partial charge is 0.490 e. The van der Waals surface area contributed by atoms with Gasteiger partial charge in [-0.2, -0.15) is 0 Å². The number of nitrogens with zero attached hydrogens (tertiary/aromatic N) is 1. The number of ether oxygens (including phenoxy) is 2. The molecule has 1 aromatic rings. The van der Waals surface area contributed by atoms with E-state index in [0.717, 1.165) is 37.6 Å². The highest BCUT2D eigenvalue weighted by molar-refractivity contribution is 5.85. The summed E-state index contributed by atoms with van der Waals surface area (Å²) in [7, 11) is 0. The fraction of sp³-hybridized carbons (Fsp3) is 0.667. The van der Waals surface area contributed by atoms with Crippen molar-refractivity contribution in [2.45, 2.75) is 46.7 Å². The number of rotatable bonds is 6. The van der Waals surface area contributed by atoms with Crippen molar-refractivity contribution >= 4 is 12.4 Å². The molecular weight excluding hydrogens is 312 g/mol. The molecule has 1 aliphatic heterocycles. The van der Waals surface area contributed by atoms with E-state index in [0.29, 0.717) is 19.3 Å². The molecular formula is C18H31ClN2O2. The Morgan fingerprint density at radius 1 is 1.17 bits per heavy atom. The smallest absolute Gasteiger partial charge is 0.161 e. The highest BCUT2D eigenvalue weighted by Gasteiger charge is 2.33. The summed E-state index contributed by atoms with van der Waals surface area (Å²) in [4.78, 5) is 2.48. The van der Waals surface area contributed by atoms with E-state index in [1.54, 1.807) is 0 Å². The summed E-state index contributed by atoms with van der Waals surface area (Å²) >= 11 is 0. The van der Waals surface area contributed by atoms with E-state index >= 15 is 0 Å². The Morgan fingerprint density at radius 2 is 1.83 bits per heavy atom. The minimum atomic E-state index is 0. The SMILES string of the molecule is CCOc1ccc(CN2CCC(N)C(C)(C)C2)cc1OCC.Cl. The predicted molar refractivity (Wildman–Crippen MR) is 97.7 cm³/mol. The minimum Gasteiger partial charge on any atom is -0.490 e. The molecule has 1 aromatic carbocycles. The third-order valence-corrected chi connectivity index (χ3v) is 4.41. The number of piperidine rings is 1. The molecule has 1 unspecified atom stereocenters. The number of likely N-dealkylation sites (tertiary alicyclic amines) is 1. The Hall–Kier alpha value is -0.970. The zero-order valence-corrected chi connectivity index (χ0v) is 15.6. The molecule has 1 saturated heterocycles. The van der Waals surface area contributed by atoms with Crippen LogP contribution >= 0.6 is 12.4 Å². The molecule has 2 rings (SSSR count). The van der Waals surface area contributed by atoms with Gasteiger partial charge in [0.2, 0.25) is 0 Å². The lowest BCUT2D eigenvalue weighted by atomic mass is 9.79. The van der Waals surface area contributed by atoms with Gasteiger partial charge in [-0.15, -0.1) is 12.4 Å². The fourth-order valence-electron chi connectivity index (χ4n) is 3.07. The lowest BCUT2D eigenvalue weighted by molar-refractivity contribution is 0.0898. The molecule has 0 radical (unpaired) electrons. The molecule has 1 atom stereocenters. The lowest BCUT2D eigenvalue weighted by Gasteiger charge is -2.42. The summed E-state index contributed by atoms with van der Waals surface area (Å²) in [5.41, 5.74) is 7.66. The van der Waals surface area contributed by atoms with Crippen LogP contribution in [0.5, 0.6) is 11.5 Å². The zero-order chi connectivity index (χ0) is 16.2. The quantitative estimate of drug-likeness (QED) is 0.860. The molecule has 5 heteroatoms. The second-order valence-corrected chi connectivity index (χ2v) is 6.74. The van der Waals surface area contributed by atoms with Gasteiger partial charge in [-0.25, -0.2) is 0 Å². The zero-order valence-electron chi connectivity index (χ0n) is 14.8. The highest BCUT2D eigenvalue weighted by atomic mass is 35.5. The third kappa shape index (κ3) is 5.27. The van der Waals surface area contributed by atoms with Crippen molar-refractivity contribution < 1.29 is 9.47 Å². The molecule has 2 N–H and O–H groups in total. The van der Waals surface area contributed by atoms with Crippen molar-refractivity contribution in [3.8, 4) is 11.5 Å². The first kappa shape index (κ1) is 20.1. The standard InChI is InChI=1S/C18H30N2O2.ClH/c1-5-21-15-8-7-14(11-16(15)22-6-2)12-20-10-9-17(19)18(3,4)13-20;/h7-8,11,17H,5-6,9-10,12-13,19H2,1-4H3;1H. The average Bonchev–Trinajstić information content (AvgIpc) is 2.46. The van der Waals surface area contributed by atoms with Crippen LogP contribution in [0.2, 0.25) is 0 Å². The molecule has 0 spiro atoms. The average molecular weight is 343 g/mol. The molecule has 0 saturated carbocycles. The first-order valence-electron chi connectivity index (χ1n) is 8.32. The van der Waals surface area contributed by atoms with Crippen molar-refractivity contribution in [1.82, 2.24) is 4.90 Å². The van der Waals surface area contributed by atoms with Gasteiger partial charge in [0.1, 0.15) is 0 Å². The molecule has 0 aliphatic carbocycles. The Balaban J connectivity index is 0.00000264. The van der Waals surface area contributed by atoms with Crippen molar-refractivity contribution in [1.29, 1.82) is 0 Å². The molecule has 23 heavy (non-hydrogen) atoms. The van der Waals surface area contributed by atoms with Crippen molar-refractivity contribution in [2.24, 2.45) is 11.1 Å². The number of hydrogen-bond acceptors (Lipinski definition) is 4. The van der Waals surface area contributed by atoms with Crippen LogP contribution in [0.25, 0.3) is 0 Å². The van der Waals surface area contributed by atoms with Crippen LogP contribution in [0.3, 0.4) is 0 Å². The van der Waals surface area contributed by atoms with Gasteiger partial charge in [0, 0.05) is 25.7 Å². The Labute approximate surface area is 146 Å². The van der Waals surface area contributed by atoms with Crippen LogP contribution in [-0.4, -0.2) is 37.2 Å². The van der Waals surface area contributed by atoms with Crippen molar-refractivity contribution in [3.05, 3.63) is 23.8 Å². The maximum absolute atomic E-state index is 6.22. The summed E-state index contributed by atoms with van der Waals surface area (Å²) in [6.07, 6.45) is 1.06. The topological polar surface area (TPSA) is 47.7 Å². The van der Waals surface area contributed by atoms with E-state index in [1.165, 1.54) is 5.56 Å². The summed E-state index contributed by atoms with van der Waals surface area (Å²) < 4.78 is 11.3. The molecule has 0 aromatic heterocycles. The molecule has 4 nitrogen and oxygen atoms in total. The summed E-state index contributed by atoms with van der Waals surface area (Å²) in [6.45, 7) is 12.8. The minimum absolute atomic E-state index is 0. The number of halogens is 1. The number of nitrogens with two attached hydrogens (primary N) is 1. The van der Waals surface area contributed by atoms with Gasteiger partial charge in [-0.05, 0) is 43.4 Å². The number of hydrogen-bond donors (Lipinski definition) is 1. The van der Waals surface area contributed by atoms with E-state index in [9.17, 15) is 0 Å². The maximum Gasteiger partial charge on any atom is 0.161 e. The van der Waals surface area contributed by atoms with Crippen LogP contribution in [0.15, 0.2) is 18.2 Å². The summed E-state index contributed by atoms with van der Waals surface area (Å²) in [6, 6.07) is 6.55. The van der Waals surface area contributed by atoms with E-state index in [-0.39, 0.29) is 17.8 Å². The fourth-order valence-corrected chi connectivity index (χ4v) is 3.07. The Kier molecular flexibility index (Phi) is 7.65. The van der Waals surface area contributed by atoms with Crippen LogP contribution in [-0.2, 0) is 6.54 Å². The first-order valence-corrected chi connectivity index (χ1v) is 8.32. The maximum atomic E-state index is 6.22. The molecule has 1 aliphatic rings. The first-order chi connectivity index (χ1) is 10.5. The van der Waals surface area contributed by atoms with Gasteiger partial charge in [-0.1, -0.05) is 19.9 Å². The monoisotopic (exact) mass is 342 g/mol. The van der Waals surface area contributed by atoms with E-state index in [4.69, 9.17) is 15.2 Å². The molecule has 132 valence electrons. The van der Waals surface area contributed by atoms with Crippen LogP contribution in [0, 0.1) is 5.41 Å². The van der Waals surface area contributed by atoms with Gasteiger partial charge in [-0.3, -0.25) is 4.90 Å². The van der Waals surface area contributed by atoms with Crippen molar-refractivity contribution in [2.75, 3.05) is 26.3 Å². The summed E-state index contributed by atoms with van der Waals surface area (Å²) in [5, 5.41) is 0. The van der Waals surface area contributed by atoms with Gasteiger partial charge in [0.25, 0.3) is 0 Å². The highest BCUT2D eigenvalue weighted by Crippen LogP contribution is 2.31. The Morgan fingerprint density at radius 3 is 2.43 bits per heavy atom. The van der Waals surface area contributed by atoms with E-state index < -0.39 is 0 Å². The second-order valence-electron chi connectivity index (χ2n) is 6.74. The normalized spacial score (nSPS) is 20.7. The van der Waals surface area contributed by atoms with Crippen LogP contribution in [0.4, 0.5) is 0 Å². The van der Waals surface area contributed by atoms with Gasteiger partial charge < -0.3 is 15.2 Å². The van der Waals surface area contributed by atoms with E-state index in [2.05, 4.69) is 30.9 Å². The third-order valence-electron chi connectivity index (χ3n) is 4.41. The second kappa shape index (κ2) is 8.76. The lowest BCUT2D eigenvalue weighted by Crippen LogP contribution is -2.52. The van der Waals surface area contributed by atoms with Crippen LogP contribution < -0.4 is 15.2 Å².